The fraction of sp³-hybridized carbons (Fsp3) is 0.500. The van der Waals surface area contributed by atoms with Crippen LogP contribution in [-0.4, -0.2) is 35.9 Å². The van der Waals surface area contributed by atoms with Crippen LogP contribution in [0.5, 0.6) is 0 Å². The van der Waals surface area contributed by atoms with Crippen LogP contribution in [0.4, 0.5) is 24.7 Å². The van der Waals surface area contributed by atoms with Crippen molar-refractivity contribution in [1.82, 2.24) is 9.78 Å². The standard InChI is InChI=1S/C34H40F3N5O2/c1-4-41(20-23-8-10-26(11-9-23)33(43)44-3)31-18-28-7-5-6-27(28)17-29(31)22-42(32-12-13-40(2)39-32)21-25-14-24(19-38)15-30(16-25)34(35,36)37/h12-18,23,26H,4-11,20-22H2,1-3H3. The first-order valence-corrected chi connectivity index (χ1v) is 15.4. The molecule has 0 N–H and O–H groups in total. The monoisotopic (exact) mass is 607 g/mol. The lowest BCUT2D eigenvalue weighted by molar-refractivity contribution is -0.146. The summed E-state index contributed by atoms with van der Waals surface area (Å²) in [5.74, 6) is 0.970. The van der Waals surface area contributed by atoms with Gasteiger partial charge >= 0.3 is 12.1 Å². The highest BCUT2D eigenvalue weighted by Gasteiger charge is 2.32. The number of methoxy groups -OCH3 is 1. The van der Waals surface area contributed by atoms with Gasteiger partial charge in [0.15, 0.2) is 5.82 Å². The average Bonchev–Trinajstić information content (AvgIpc) is 3.67. The number of benzene rings is 2. The fourth-order valence-corrected chi connectivity index (χ4v) is 6.77. The highest BCUT2D eigenvalue weighted by Crippen LogP contribution is 2.36. The van der Waals surface area contributed by atoms with Crippen LogP contribution in [-0.2, 0) is 48.7 Å². The molecule has 0 saturated heterocycles. The number of fused-ring (bicyclic) bond motifs is 1. The van der Waals surface area contributed by atoms with Gasteiger partial charge in [-0.25, -0.2) is 0 Å². The number of nitriles is 1. The minimum Gasteiger partial charge on any atom is -0.469 e. The molecule has 1 saturated carbocycles. The lowest BCUT2D eigenvalue weighted by Crippen LogP contribution is -2.34. The quantitative estimate of drug-likeness (QED) is 0.236. The molecule has 7 nitrogen and oxygen atoms in total. The first-order valence-electron chi connectivity index (χ1n) is 15.4. The van der Waals surface area contributed by atoms with E-state index < -0.39 is 11.7 Å². The van der Waals surface area contributed by atoms with Crippen LogP contribution in [0.15, 0.2) is 42.6 Å². The zero-order valence-corrected chi connectivity index (χ0v) is 25.7. The van der Waals surface area contributed by atoms with Gasteiger partial charge in [-0.1, -0.05) is 6.07 Å². The SMILES string of the molecule is CCN(CC1CCC(C(=O)OC)CC1)c1cc2c(cc1CN(Cc1cc(C#N)cc(C(F)(F)F)c1)c1ccn(C)n1)CCC2. The van der Waals surface area contributed by atoms with Crippen molar-refractivity contribution in [3.8, 4) is 6.07 Å². The minimum atomic E-state index is -4.55. The Morgan fingerprint density at radius 1 is 1.07 bits per heavy atom. The molecule has 0 spiro atoms. The molecule has 1 fully saturated rings. The van der Waals surface area contributed by atoms with Gasteiger partial charge in [0.05, 0.1) is 30.2 Å². The largest absolute Gasteiger partial charge is 0.469 e. The molecule has 3 aromatic rings. The minimum absolute atomic E-state index is 0.0203. The van der Waals surface area contributed by atoms with Gasteiger partial charge in [-0.15, -0.1) is 0 Å². The topological polar surface area (TPSA) is 74.4 Å². The van der Waals surface area contributed by atoms with Crippen LogP contribution in [0.2, 0.25) is 0 Å². The molecule has 10 heteroatoms. The van der Waals surface area contributed by atoms with Crippen molar-refractivity contribution in [2.75, 3.05) is 30.0 Å². The smallest absolute Gasteiger partial charge is 0.416 e. The van der Waals surface area contributed by atoms with Gasteiger partial charge in [0.2, 0.25) is 0 Å². The summed E-state index contributed by atoms with van der Waals surface area (Å²) in [5, 5.41) is 14.1. The number of ether oxygens (including phenoxy) is 1. The van der Waals surface area contributed by atoms with Crippen LogP contribution < -0.4 is 9.80 Å². The Labute approximate surface area is 257 Å². The molecule has 2 aliphatic carbocycles. The number of anilines is 2. The third-order valence-electron chi connectivity index (χ3n) is 9.08. The third kappa shape index (κ3) is 7.20. The van der Waals surface area contributed by atoms with Crippen LogP contribution >= 0.6 is 0 Å². The summed E-state index contributed by atoms with van der Waals surface area (Å²) in [5.41, 5.74) is 4.49. The summed E-state index contributed by atoms with van der Waals surface area (Å²) in [7, 11) is 3.26. The summed E-state index contributed by atoms with van der Waals surface area (Å²) in [6.45, 7) is 4.45. The van der Waals surface area contributed by atoms with E-state index in [2.05, 4.69) is 29.1 Å². The van der Waals surface area contributed by atoms with Crippen molar-refractivity contribution in [3.63, 3.8) is 0 Å². The molecule has 0 amide bonds. The fourth-order valence-electron chi connectivity index (χ4n) is 6.77. The van der Waals surface area contributed by atoms with Gasteiger partial charge in [-0.3, -0.25) is 9.48 Å². The van der Waals surface area contributed by atoms with Crippen LogP contribution in [0.25, 0.3) is 0 Å². The molecular weight excluding hydrogens is 567 g/mol. The van der Waals surface area contributed by atoms with E-state index in [1.54, 1.807) is 4.68 Å². The molecule has 2 aliphatic rings. The number of carbonyl (C=O) groups excluding carboxylic acids is 1. The lowest BCUT2D eigenvalue weighted by atomic mass is 9.81. The molecule has 44 heavy (non-hydrogen) atoms. The number of aromatic nitrogens is 2. The molecule has 0 atom stereocenters. The Morgan fingerprint density at radius 2 is 1.80 bits per heavy atom. The Morgan fingerprint density at radius 3 is 2.41 bits per heavy atom. The summed E-state index contributed by atoms with van der Waals surface area (Å²) in [6.07, 6.45) is 4.02. The summed E-state index contributed by atoms with van der Waals surface area (Å²) in [6, 6.07) is 11.9. The van der Waals surface area contributed by atoms with Crippen molar-refractivity contribution in [1.29, 1.82) is 5.26 Å². The number of nitrogens with zero attached hydrogens (tertiary/aromatic N) is 5. The van der Waals surface area contributed by atoms with Crippen LogP contribution in [0.1, 0.15) is 72.4 Å². The number of halogens is 3. The van der Waals surface area contributed by atoms with E-state index in [0.717, 1.165) is 81.4 Å². The first kappa shape index (κ1) is 31.4. The zero-order chi connectivity index (χ0) is 31.4. The normalized spacial score (nSPS) is 18.0. The van der Waals surface area contributed by atoms with Crippen molar-refractivity contribution >= 4 is 17.5 Å². The predicted octanol–water partition coefficient (Wildman–Crippen LogP) is 6.81. The maximum absolute atomic E-state index is 13.7. The van der Waals surface area contributed by atoms with Crippen molar-refractivity contribution < 1.29 is 22.7 Å². The Bertz CT molecular complexity index is 1520. The highest BCUT2D eigenvalue weighted by atomic mass is 19.4. The summed E-state index contributed by atoms with van der Waals surface area (Å²) < 4.78 is 47.8. The molecule has 0 unspecified atom stereocenters. The third-order valence-corrected chi connectivity index (χ3v) is 9.08. The Hall–Kier alpha value is -4.00. The molecule has 2 aromatic carbocycles. The molecular formula is C34H40F3N5O2. The van der Waals surface area contributed by atoms with E-state index >= 15 is 0 Å². The second-order valence-corrected chi connectivity index (χ2v) is 12.1. The number of rotatable bonds is 10. The van der Waals surface area contributed by atoms with Gasteiger partial charge in [-0.05, 0) is 104 Å². The molecule has 1 aromatic heterocycles. The highest BCUT2D eigenvalue weighted by molar-refractivity contribution is 5.72. The van der Waals surface area contributed by atoms with E-state index in [1.807, 2.05) is 30.3 Å². The van der Waals surface area contributed by atoms with Crippen LogP contribution in [0, 0.1) is 23.2 Å². The zero-order valence-electron chi connectivity index (χ0n) is 25.7. The summed E-state index contributed by atoms with van der Waals surface area (Å²) in [4.78, 5) is 16.5. The molecule has 0 bridgehead atoms. The van der Waals surface area contributed by atoms with Gasteiger partial charge in [0.25, 0.3) is 0 Å². The average molecular weight is 608 g/mol. The van der Waals surface area contributed by atoms with E-state index in [9.17, 15) is 23.2 Å². The van der Waals surface area contributed by atoms with E-state index in [1.165, 1.54) is 24.3 Å². The molecule has 234 valence electrons. The van der Waals surface area contributed by atoms with E-state index in [4.69, 9.17) is 4.74 Å². The van der Waals surface area contributed by atoms with Gasteiger partial charge < -0.3 is 14.5 Å². The number of carbonyl (C=O) groups is 1. The van der Waals surface area contributed by atoms with Crippen molar-refractivity contribution in [2.45, 2.75) is 71.1 Å². The van der Waals surface area contributed by atoms with Crippen LogP contribution in [0.3, 0.4) is 0 Å². The van der Waals surface area contributed by atoms with Gasteiger partial charge in [0.1, 0.15) is 0 Å². The molecule has 0 aliphatic heterocycles. The second kappa shape index (κ2) is 13.3. The molecule has 1 heterocycles. The number of hydrogen-bond acceptors (Lipinski definition) is 6. The van der Waals surface area contributed by atoms with Gasteiger partial charge in [-0.2, -0.15) is 23.5 Å². The predicted molar refractivity (Wildman–Crippen MR) is 163 cm³/mol. The summed E-state index contributed by atoms with van der Waals surface area (Å²) >= 11 is 0. The van der Waals surface area contributed by atoms with E-state index in [0.29, 0.717) is 23.8 Å². The molecule has 0 radical (unpaired) electrons. The number of esters is 1. The number of hydrogen-bond donors (Lipinski definition) is 0. The number of alkyl halides is 3. The maximum Gasteiger partial charge on any atom is 0.416 e. The Balaban J connectivity index is 1.46. The van der Waals surface area contributed by atoms with Crippen molar-refractivity contribution in [3.05, 3.63) is 76.0 Å². The number of aryl methyl sites for hydroxylation is 3. The first-order chi connectivity index (χ1) is 21.1. The Kier molecular flexibility index (Phi) is 9.52. The second-order valence-electron chi connectivity index (χ2n) is 12.1. The maximum atomic E-state index is 13.7. The van der Waals surface area contributed by atoms with Gasteiger partial charge in [0, 0.05) is 51.2 Å². The molecule has 5 rings (SSSR count). The van der Waals surface area contributed by atoms with E-state index in [-0.39, 0.29) is 24.0 Å². The van der Waals surface area contributed by atoms with Crippen molar-refractivity contribution in [2.24, 2.45) is 18.9 Å². The lowest BCUT2D eigenvalue weighted by Gasteiger charge is -2.35.